The third-order valence-electron chi connectivity index (χ3n) is 6.78. The second kappa shape index (κ2) is 20.0. The van der Waals surface area contributed by atoms with Crippen LogP contribution in [0.5, 0.6) is 11.5 Å². The summed E-state index contributed by atoms with van der Waals surface area (Å²) in [5.74, 6) is 3.60. The fourth-order valence-corrected chi connectivity index (χ4v) is 4.55. The number of halogens is 4. The third-order valence-corrected chi connectivity index (χ3v) is 6.78. The van der Waals surface area contributed by atoms with Crippen LogP contribution in [0.15, 0.2) is 65.1 Å². The number of rotatable bonds is 18. The Hall–Kier alpha value is -3.03. The molecular formula is C34H47BF4O3. The minimum Gasteiger partial charge on any atom is -0.494 e. The van der Waals surface area contributed by atoms with Crippen LogP contribution in [0.2, 0.25) is 0 Å². The van der Waals surface area contributed by atoms with Gasteiger partial charge in [0, 0.05) is 11.6 Å². The summed E-state index contributed by atoms with van der Waals surface area (Å²) in [7, 11) is -6.00. The predicted molar refractivity (Wildman–Crippen MR) is 167 cm³/mol. The van der Waals surface area contributed by atoms with Gasteiger partial charge in [0.25, 0.3) is 0 Å². The Kier molecular flexibility index (Phi) is 16.7. The van der Waals surface area contributed by atoms with Gasteiger partial charge < -0.3 is 26.7 Å². The molecule has 0 aliphatic rings. The molecule has 3 aromatic rings. The zero-order valence-corrected chi connectivity index (χ0v) is 25.5. The summed E-state index contributed by atoms with van der Waals surface area (Å²) in [6, 6.07) is 20.9. The maximum atomic E-state index is 9.75. The van der Waals surface area contributed by atoms with Gasteiger partial charge in [-0.2, -0.15) is 0 Å². The first kappa shape index (κ1) is 35.2. The lowest BCUT2D eigenvalue weighted by Gasteiger charge is -2.08. The molecular weight excluding hydrogens is 543 g/mol. The van der Waals surface area contributed by atoms with Crippen LogP contribution in [0.4, 0.5) is 17.3 Å². The van der Waals surface area contributed by atoms with Crippen LogP contribution in [0, 0.1) is 6.92 Å². The minimum absolute atomic E-state index is 0.781. The van der Waals surface area contributed by atoms with E-state index in [0.29, 0.717) is 0 Å². The molecule has 1 aromatic heterocycles. The lowest BCUT2D eigenvalue weighted by Crippen LogP contribution is -2.02. The molecule has 0 fully saturated rings. The number of unbranched alkanes of at least 4 members (excludes halogenated alkanes) is 10. The Morgan fingerprint density at radius 2 is 0.952 bits per heavy atom. The Labute approximate surface area is 249 Å². The van der Waals surface area contributed by atoms with Crippen LogP contribution in [-0.4, -0.2) is 20.5 Å². The highest BCUT2D eigenvalue weighted by atomic mass is 19.5. The molecule has 0 amide bonds. The van der Waals surface area contributed by atoms with E-state index < -0.39 is 7.25 Å². The lowest BCUT2D eigenvalue weighted by atomic mass is 10.0. The molecule has 0 unspecified atom stereocenters. The predicted octanol–water partition coefficient (Wildman–Crippen LogP) is 12.0. The van der Waals surface area contributed by atoms with Gasteiger partial charge in [-0.1, -0.05) is 90.2 Å². The molecule has 3 nitrogen and oxygen atoms in total. The first-order valence-electron chi connectivity index (χ1n) is 15.5. The fourth-order valence-electron chi connectivity index (χ4n) is 4.55. The molecule has 0 saturated heterocycles. The van der Waals surface area contributed by atoms with Gasteiger partial charge in [-0.05, 0) is 54.8 Å². The summed E-state index contributed by atoms with van der Waals surface area (Å²) in [5.41, 5.74) is 3.35. The molecule has 0 radical (unpaired) electrons. The zero-order chi connectivity index (χ0) is 30.6. The van der Waals surface area contributed by atoms with Gasteiger partial charge in [-0.25, -0.2) is 4.42 Å². The van der Waals surface area contributed by atoms with Gasteiger partial charge in [0.1, 0.15) is 11.5 Å². The molecule has 0 atom stereocenters. The second-order valence-electron chi connectivity index (χ2n) is 10.6. The van der Waals surface area contributed by atoms with E-state index in [2.05, 4.69) is 62.4 Å². The van der Waals surface area contributed by atoms with Crippen molar-refractivity contribution in [2.24, 2.45) is 0 Å². The molecule has 0 bridgehead atoms. The normalized spacial score (nSPS) is 11.1. The number of hydrogen-bond donors (Lipinski definition) is 0. The molecule has 8 heteroatoms. The summed E-state index contributed by atoms with van der Waals surface area (Å²) < 4.78 is 57.0. The summed E-state index contributed by atoms with van der Waals surface area (Å²) in [4.78, 5) is 0. The molecule has 42 heavy (non-hydrogen) atoms. The van der Waals surface area contributed by atoms with Crippen LogP contribution < -0.4 is 9.47 Å². The van der Waals surface area contributed by atoms with Gasteiger partial charge in [-0.15, -0.1) is 0 Å². The maximum Gasteiger partial charge on any atom is 0.673 e. The van der Waals surface area contributed by atoms with Crippen molar-refractivity contribution < 1.29 is 31.2 Å². The average molecular weight is 591 g/mol. The highest BCUT2D eigenvalue weighted by Gasteiger charge is 2.20. The summed E-state index contributed by atoms with van der Waals surface area (Å²) in [6.45, 7) is 8.08. The highest BCUT2D eigenvalue weighted by molar-refractivity contribution is 6.50. The Morgan fingerprint density at radius 3 is 1.40 bits per heavy atom. The van der Waals surface area contributed by atoms with E-state index in [9.17, 15) is 17.3 Å². The van der Waals surface area contributed by atoms with Crippen molar-refractivity contribution in [1.82, 2.24) is 0 Å². The van der Waals surface area contributed by atoms with Gasteiger partial charge in [0.2, 0.25) is 0 Å². The monoisotopic (exact) mass is 590 g/mol. The summed E-state index contributed by atoms with van der Waals surface area (Å²) in [5, 5.41) is 0. The van der Waals surface area contributed by atoms with E-state index >= 15 is 0 Å². The van der Waals surface area contributed by atoms with E-state index in [1.165, 1.54) is 64.2 Å². The van der Waals surface area contributed by atoms with E-state index in [-0.39, 0.29) is 0 Å². The van der Waals surface area contributed by atoms with Crippen molar-refractivity contribution in [3.63, 3.8) is 0 Å². The van der Waals surface area contributed by atoms with Crippen molar-refractivity contribution in [3.8, 4) is 33.9 Å². The molecule has 0 spiro atoms. The van der Waals surface area contributed by atoms with Crippen molar-refractivity contribution in [3.05, 3.63) is 66.4 Å². The van der Waals surface area contributed by atoms with Crippen molar-refractivity contribution in [2.75, 3.05) is 13.2 Å². The molecule has 0 saturated carbocycles. The number of hydrogen-bond acceptors (Lipinski definition) is 2. The van der Waals surface area contributed by atoms with Crippen LogP contribution >= 0.6 is 0 Å². The lowest BCUT2D eigenvalue weighted by molar-refractivity contribution is 0.304. The topological polar surface area (TPSA) is 29.8 Å². The molecule has 0 N–H and O–H groups in total. The molecule has 2 aromatic carbocycles. The molecule has 1 heterocycles. The standard InChI is InChI=1S/C34H47O3.BF4/c1-4-6-8-10-12-14-24-35-32-20-16-29(17-21-32)31-26-28(3)37-34(27-31)30-18-22-33(23-19-30)36-25-15-13-11-9-7-5-2;2-1(3,4)5/h16-23,26-27H,4-15,24-25H2,1-3H3;/q+1;-1. The Bertz CT molecular complexity index is 1030. The minimum atomic E-state index is -6.00. The van der Waals surface area contributed by atoms with E-state index in [0.717, 1.165) is 65.8 Å². The zero-order valence-electron chi connectivity index (χ0n) is 25.5. The van der Waals surface area contributed by atoms with Crippen LogP contribution in [0.25, 0.3) is 22.5 Å². The van der Waals surface area contributed by atoms with Gasteiger partial charge in [0.15, 0.2) is 0 Å². The van der Waals surface area contributed by atoms with Crippen LogP contribution in [-0.2, 0) is 0 Å². The molecule has 0 aliphatic carbocycles. The smallest absolute Gasteiger partial charge is 0.494 e. The van der Waals surface area contributed by atoms with Crippen molar-refractivity contribution in [1.29, 1.82) is 0 Å². The van der Waals surface area contributed by atoms with E-state index in [1.54, 1.807) is 0 Å². The van der Waals surface area contributed by atoms with Crippen molar-refractivity contribution in [2.45, 2.75) is 97.8 Å². The van der Waals surface area contributed by atoms with Gasteiger partial charge in [-0.3, -0.25) is 0 Å². The SMILES string of the molecule is CCCCCCCCOc1ccc(-c2cc(C)[o+]c(-c3ccc(OCCCCCCCC)cc3)c2)cc1.F[B-](F)(F)F. The highest BCUT2D eigenvalue weighted by Crippen LogP contribution is 2.30. The van der Waals surface area contributed by atoms with Crippen molar-refractivity contribution >= 4 is 7.25 Å². The number of aryl methyl sites for hydroxylation is 1. The Morgan fingerprint density at radius 1 is 0.548 bits per heavy atom. The van der Waals surface area contributed by atoms with Crippen LogP contribution in [0.3, 0.4) is 0 Å². The van der Waals surface area contributed by atoms with E-state index in [1.807, 2.05) is 19.1 Å². The van der Waals surface area contributed by atoms with Gasteiger partial charge in [0.05, 0.1) is 31.8 Å². The maximum absolute atomic E-state index is 9.75. The summed E-state index contributed by atoms with van der Waals surface area (Å²) in [6.07, 6.45) is 15.3. The molecule has 0 aliphatic heterocycles. The summed E-state index contributed by atoms with van der Waals surface area (Å²) >= 11 is 0. The third kappa shape index (κ3) is 15.8. The Balaban J connectivity index is 0.00000113. The first-order chi connectivity index (χ1) is 20.2. The van der Waals surface area contributed by atoms with E-state index in [4.69, 9.17) is 13.9 Å². The fraction of sp³-hybridized carbons (Fsp3) is 0.500. The average Bonchev–Trinajstić information content (AvgIpc) is 2.96. The molecule has 3 rings (SSSR count). The molecule has 232 valence electrons. The quantitative estimate of drug-likeness (QED) is 0.0639. The largest absolute Gasteiger partial charge is 0.673 e. The van der Waals surface area contributed by atoms with Crippen LogP contribution in [0.1, 0.15) is 96.7 Å². The second-order valence-corrected chi connectivity index (χ2v) is 10.6. The number of ether oxygens (including phenoxy) is 2. The first-order valence-corrected chi connectivity index (χ1v) is 15.5. The number of benzene rings is 2. The van der Waals surface area contributed by atoms with Gasteiger partial charge >= 0.3 is 18.8 Å².